The predicted molar refractivity (Wildman–Crippen MR) is 59.1 cm³/mol. The molecule has 1 aliphatic heterocycles. The smallest absolute Gasteiger partial charge is 0.316 e. The van der Waals surface area contributed by atoms with Crippen molar-refractivity contribution in [2.75, 3.05) is 13.2 Å². The van der Waals surface area contributed by atoms with Crippen molar-refractivity contribution in [2.45, 2.75) is 20.3 Å². The zero-order valence-corrected chi connectivity index (χ0v) is 9.32. The Kier molecular flexibility index (Phi) is 4.07. The Morgan fingerprint density at radius 2 is 2.43 bits per heavy atom. The van der Waals surface area contributed by atoms with Gasteiger partial charge in [0.2, 0.25) is 0 Å². The van der Waals surface area contributed by atoms with E-state index >= 15 is 0 Å². The maximum Gasteiger partial charge on any atom is 0.316 e. The fraction of sp³-hybridized carbons (Fsp3) is 0.600. The van der Waals surface area contributed by atoms with Gasteiger partial charge < -0.3 is 10.1 Å². The van der Waals surface area contributed by atoms with Gasteiger partial charge >= 0.3 is 5.97 Å². The van der Waals surface area contributed by atoms with Crippen molar-refractivity contribution in [3.63, 3.8) is 0 Å². The van der Waals surface area contributed by atoms with E-state index in [0.29, 0.717) is 11.6 Å². The van der Waals surface area contributed by atoms with Crippen LogP contribution in [0.25, 0.3) is 0 Å². The zero-order chi connectivity index (χ0) is 10.6. The van der Waals surface area contributed by atoms with Crippen LogP contribution < -0.4 is 5.32 Å². The number of allylic oxidation sites excluding steroid dienone is 1. The minimum atomic E-state index is -0.226. The molecule has 1 unspecified atom stereocenters. The molecule has 0 radical (unpaired) electrons. The van der Waals surface area contributed by atoms with E-state index in [1.807, 2.05) is 19.9 Å². The number of carbonyl (C=O) groups excluding carboxylic acids is 1. The first-order chi connectivity index (χ1) is 6.61. The molecule has 1 N–H and O–H groups in total. The van der Waals surface area contributed by atoms with Crippen molar-refractivity contribution in [1.29, 1.82) is 0 Å². The number of thiocarbonyl (C=S) groups is 1. The van der Waals surface area contributed by atoms with Crippen LogP contribution in [0.2, 0.25) is 0 Å². The second kappa shape index (κ2) is 5.10. The van der Waals surface area contributed by atoms with E-state index in [1.165, 1.54) is 0 Å². The van der Waals surface area contributed by atoms with Gasteiger partial charge in [0.05, 0.1) is 4.99 Å². The number of ether oxygens (including phenoxy) is 1. The Hall–Kier alpha value is -0.900. The van der Waals surface area contributed by atoms with E-state index in [9.17, 15) is 4.79 Å². The highest BCUT2D eigenvalue weighted by atomic mass is 32.1. The summed E-state index contributed by atoms with van der Waals surface area (Å²) in [5.41, 5.74) is 1.14. The molecule has 1 rings (SSSR count). The molecule has 0 aromatic carbocycles. The van der Waals surface area contributed by atoms with E-state index in [1.54, 1.807) is 0 Å². The summed E-state index contributed by atoms with van der Waals surface area (Å²) >= 11 is 4.99. The van der Waals surface area contributed by atoms with Crippen LogP contribution in [0.4, 0.5) is 0 Å². The molecule has 0 aromatic heterocycles. The topological polar surface area (TPSA) is 38.3 Å². The fourth-order valence-electron chi connectivity index (χ4n) is 1.21. The van der Waals surface area contributed by atoms with Crippen LogP contribution >= 0.6 is 12.2 Å². The maximum absolute atomic E-state index is 11.5. The third-order valence-electron chi connectivity index (χ3n) is 2.05. The molecule has 3 nitrogen and oxygen atoms in total. The first-order valence-electron chi connectivity index (χ1n) is 4.69. The van der Waals surface area contributed by atoms with Gasteiger partial charge in [-0.15, -0.1) is 0 Å². The Morgan fingerprint density at radius 3 is 2.93 bits per heavy atom. The maximum atomic E-state index is 11.5. The highest BCUT2D eigenvalue weighted by Crippen LogP contribution is 2.12. The largest absolute Gasteiger partial charge is 0.461 e. The number of esters is 1. The first kappa shape index (κ1) is 11.2. The van der Waals surface area contributed by atoms with Crippen LogP contribution in [0.5, 0.6) is 0 Å². The van der Waals surface area contributed by atoms with E-state index in [2.05, 4.69) is 5.32 Å². The van der Waals surface area contributed by atoms with Crippen molar-refractivity contribution < 1.29 is 9.53 Å². The lowest BCUT2D eigenvalue weighted by molar-refractivity contribution is -0.144. The normalized spacial score (nSPS) is 20.1. The molecule has 0 aliphatic carbocycles. The van der Waals surface area contributed by atoms with Gasteiger partial charge in [-0.05, 0) is 26.3 Å². The van der Waals surface area contributed by atoms with Gasteiger partial charge in [0.25, 0.3) is 0 Å². The average molecular weight is 213 g/mol. The Morgan fingerprint density at radius 1 is 1.71 bits per heavy atom. The van der Waals surface area contributed by atoms with Gasteiger partial charge in [0.1, 0.15) is 12.5 Å². The quantitative estimate of drug-likeness (QED) is 0.437. The van der Waals surface area contributed by atoms with Gasteiger partial charge in [-0.25, -0.2) is 0 Å². The van der Waals surface area contributed by atoms with Gasteiger partial charge in [-0.1, -0.05) is 17.8 Å². The lowest BCUT2D eigenvalue weighted by atomic mass is 10.1. The molecule has 1 aliphatic rings. The highest BCUT2D eigenvalue weighted by Gasteiger charge is 2.28. The van der Waals surface area contributed by atoms with E-state index in [-0.39, 0.29) is 11.9 Å². The molecule has 14 heavy (non-hydrogen) atoms. The second-order valence-corrected chi connectivity index (χ2v) is 3.98. The van der Waals surface area contributed by atoms with Crippen LogP contribution in [-0.2, 0) is 9.53 Å². The number of nitrogens with one attached hydrogen (secondary N) is 1. The summed E-state index contributed by atoms with van der Waals surface area (Å²) in [5.74, 6) is -0.437. The van der Waals surface area contributed by atoms with Gasteiger partial charge in [-0.2, -0.15) is 0 Å². The molecule has 0 aromatic rings. The Balaban J connectivity index is 2.35. The highest BCUT2D eigenvalue weighted by molar-refractivity contribution is 7.80. The molecule has 0 amide bonds. The molecular weight excluding hydrogens is 198 g/mol. The third-order valence-corrected chi connectivity index (χ3v) is 2.48. The summed E-state index contributed by atoms with van der Waals surface area (Å²) in [5, 5.41) is 2.96. The van der Waals surface area contributed by atoms with Crippen molar-refractivity contribution in [1.82, 2.24) is 5.32 Å². The van der Waals surface area contributed by atoms with Crippen molar-refractivity contribution in [3.8, 4) is 0 Å². The van der Waals surface area contributed by atoms with Crippen LogP contribution in [0.15, 0.2) is 11.6 Å². The van der Waals surface area contributed by atoms with Crippen molar-refractivity contribution in [2.24, 2.45) is 5.92 Å². The molecule has 78 valence electrons. The summed E-state index contributed by atoms with van der Waals surface area (Å²) in [6, 6.07) is 0. The number of hydrogen-bond acceptors (Lipinski definition) is 3. The molecular formula is C10H15NO2S. The van der Waals surface area contributed by atoms with Gasteiger partial charge in [0, 0.05) is 6.54 Å². The van der Waals surface area contributed by atoms with E-state index in [0.717, 1.165) is 18.5 Å². The minimum absolute atomic E-state index is 0.211. The number of hydrogen-bond donors (Lipinski definition) is 1. The van der Waals surface area contributed by atoms with Crippen LogP contribution in [0.1, 0.15) is 20.3 Å². The summed E-state index contributed by atoms with van der Waals surface area (Å²) in [6.07, 6.45) is 2.63. The monoisotopic (exact) mass is 213 g/mol. The third kappa shape index (κ3) is 3.10. The molecule has 0 saturated carbocycles. The Bertz CT molecular complexity index is 269. The zero-order valence-electron chi connectivity index (χ0n) is 8.50. The molecule has 1 heterocycles. The molecule has 1 fully saturated rings. The summed E-state index contributed by atoms with van der Waals surface area (Å²) in [4.78, 5) is 12.1. The fourth-order valence-corrected chi connectivity index (χ4v) is 1.53. The van der Waals surface area contributed by atoms with Crippen molar-refractivity contribution in [3.05, 3.63) is 11.6 Å². The van der Waals surface area contributed by atoms with Crippen LogP contribution in [0, 0.1) is 5.92 Å². The van der Waals surface area contributed by atoms with E-state index in [4.69, 9.17) is 17.0 Å². The summed E-state index contributed by atoms with van der Waals surface area (Å²) in [7, 11) is 0. The van der Waals surface area contributed by atoms with Crippen LogP contribution in [-0.4, -0.2) is 24.1 Å². The lowest BCUT2D eigenvalue weighted by Gasteiger charge is -2.07. The van der Waals surface area contributed by atoms with Crippen molar-refractivity contribution >= 4 is 23.2 Å². The van der Waals surface area contributed by atoms with Crippen LogP contribution in [0.3, 0.4) is 0 Å². The Labute approximate surface area is 89.5 Å². The SMILES string of the molecule is CC(C)=CCOC(=O)C1CCNC1=S. The standard InChI is InChI=1S/C10H15NO2S/c1-7(2)4-6-13-10(12)8-3-5-11-9(8)14/h4,8H,3,5-6H2,1-2H3,(H,11,14). The van der Waals surface area contributed by atoms with E-state index < -0.39 is 0 Å². The number of rotatable bonds is 3. The van der Waals surface area contributed by atoms with Gasteiger partial charge in [0.15, 0.2) is 0 Å². The minimum Gasteiger partial charge on any atom is -0.461 e. The molecule has 0 bridgehead atoms. The molecule has 4 heteroatoms. The molecule has 1 saturated heterocycles. The second-order valence-electron chi connectivity index (χ2n) is 3.54. The molecule has 0 spiro atoms. The average Bonchev–Trinajstić information content (AvgIpc) is 2.50. The molecule has 1 atom stereocenters. The first-order valence-corrected chi connectivity index (χ1v) is 5.10. The lowest BCUT2D eigenvalue weighted by Crippen LogP contribution is -2.25. The summed E-state index contributed by atoms with van der Waals surface area (Å²) in [6.45, 7) is 5.06. The predicted octanol–water partition coefficient (Wildman–Crippen LogP) is 1.43. The number of carbonyl (C=O) groups is 1. The summed E-state index contributed by atoms with van der Waals surface area (Å²) < 4.78 is 5.06. The van der Waals surface area contributed by atoms with Gasteiger partial charge in [-0.3, -0.25) is 4.79 Å².